The Hall–Kier alpha value is -1.10. The smallest absolute Gasteiger partial charge is 0.308 e. The molecule has 0 aliphatic carbocycles. The Morgan fingerprint density at radius 1 is 1.35 bits per heavy atom. The fourth-order valence-corrected chi connectivity index (χ4v) is 3.40. The van der Waals surface area contributed by atoms with Crippen molar-refractivity contribution in [2.75, 3.05) is 14.1 Å². The number of carboxylic acid groups (broad SMARTS) is 1. The molecule has 0 spiro atoms. The molecule has 2 bridgehead atoms. The van der Waals surface area contributed by atoms with Gasteiger partial charge in [0.1, 0.15) is 0 Å². The van der Waals surface area contributed by atoms with Crippen LogP contribution in [0.25, 0.3) is 0 Å². The van der Waals surface area contributed by atoms with E-state index in [1.165, 1.54) is 0 Å². The van der Waals surface area contributed by atoms with Crippen molar-refractivity contribution in [2.24, 2.45) is 5.92 Å². The summed E-state index contributed by atoms with van der Waals surface area (Å²) in [5.74, 6) is -0.939. The van der Waals surface area contributed by atoms with E-state index in [9.17, 15) is 9.59 Å². The van der Waals surface area contributed by atoms with Gasteiger partial charge in [0.05, 0.1) is 12.0 Å². The molecule has 2 fully saturated rings. The van der Waals surface area contributed by atoms with E-state index in [1.54, 1.807) is 19.0 Å². The molecular weight excluding hydrogens is 220 g/mol. The first-order valence-corrected chi connectivity index (χ1v) is 6.15. The van der Waals surface area contributed by atoms with Gasteiger partial charge in [-0.2, -0.15) is 0 Å². The molecule has 0 aromatic heterocycles. The lowest BCUT2D eigenvalue weighted by molar-refractivity contribution is -0.143. The monoisotopic (exact) mass is 240 g/mol. The van der Waals surface area contributed by atoms with Crippen LogP contribution >= 0.6 is 0 Å². The van der Waals surface area contributed by atoms with Gasteiger partial charge >= 0.3 is 5.97 Å². The second-order valence-electron chi connectivity index (χ2n) is 5.33. The van der Waals surface area contributed by atoms with E-state index < -0.39 is 5.97 Å². The maximum Gasteiger partial charge on any atom is 0.308 e. The van der Waals surface area contributed by atoms with Crippen molar-refractivity contribution in [1.29, 1.82) is 0 Å². The number of carbonyl (C=O) groups excluding carboxylic acids is 1. The summed E-state index contributed by atoms with van der Waals surface area (Å²) in [7, 11) is 3.48. The molecule has 2 aliphatic rings. The predicted molar refractivity (Wildman–Crippen MR) is 62.5 cm³/mol. The van der Waals surface area contributed by atoms with Crippen molar-refractivity contribution in [3.63, 3.8) is 0 Å². The van der Waals surface area contributed by atoms with Gasteiger partial charge in [0.2, 0.25) is 5.91 Å². The Bertz CT molecular complexity index is 343. The van der Waals surface area contributed by atoms with Crippen LogP contribution in [0.5, 0.6) is 0 Å². The highest BCUT2D eigenvalue weighted by atomic mass is 16.4. The maximum absolute atomic E-state index is 12.0. The maximum atomic E-state index is 12.0. The van der Waals surface area contributed by atoms with Crippen LogP contribution in [0.1, 0.15) is 26.2 Å². The standard InChI is InChI=1S/C12H20N2O3/c1-7(11(15)13(2)3)14-8-4-5-10(14)9(6-8)12(16)17/h7-10H,4-6H2,1-3H3,(H,16,17). The van der Waals surface area contributed by atoms with Crippen molar-refractivity contribution in [3.8, 4) is 0 Å². The summed E-state index contributed by atoms with van der Waals surface area (Å²) in [6.45, 7) is 1.89. The zero-order valence-corrected chi connectivity index (χ0v) is 10.6. The van der Waals surface area contributed by atoms with E-state index >= 15 is 0 Å². The summed E-state index contributed by atoms with van der Waals surface area (Å²) in [6.07, 6.45) is 2.64. The third-order valence-electron chi connectivity index (χ3n) is 4.15. The minimum absolute atomic E-state index is 0.0522. The number of fused-ring (bicyclic) bond motifs is 2. The summed E-state index contributed by atoms with van der Waals surface area (Å²) in [5, 5.41) is 9.16. The van der Waals surface area contributed by atoms with E-state index in [1.807, 2.05) is 6.92 Å². The van der Waals surface area contributed by atoms with Crippen molar-refractivity contribution in [3.05, 3.63) is 0 Å². The zero-order valence-electron chi connectivity index (χ0n) is 10.6. The van der Waals surface area contributed by atoms with Crippen LogP contribution in [0.4, 0.5) is 0 Å². The zero-order chi connectivity index (χ0) is 12.7. The molecule has 2 aliphatic heterocycles. The molecule has 2 saturated heterocycles. The molecule has 0 saturated carbocycles. The number of aliphatic carboxylic acids is 1. The third-order valence-corrected chi connectivity index (χ3v) is 4.15. The SMILES string of the molecule is CC(C(=O)N(C)C)N1C2CCC1C(C(=O)O)C2. The molecule has 2 heterocycles. The van der Waals surface area contributed by atoms with Crippen molar-refractivity contribution < 1.29 is 14.7 Å². The number of hydrogen-bond donors (Lipinski definition) is 1. The van der Waals surface area contributed by atoms with E-state index in [-0.39, 0.29) is 30.0 Å². The topological polar surface area (TPSA) is 60.9 Å². The quantitative estimate of drug-likeness (QED) is 0.775. The summed E-state index contributed by atoms with van der Waals surface area (Å²) < 4.78 is 0. The molecule has 5 nitrogen and oxygen atoms in total. The van der Waals surface area contributed by atoms with Gasteiger partial charge in [-0.15, -0.1) is 0 Å². The fraction of sp³-hybridized carbons (Fsp3) is 0.833. The average molecular weight is 240 g/mol. The van der Waals surface area contributed by atoms with Gasteiger partial charge in [-0.1, -0.05) is 0 Å². The van der Waals surface area contributed by atoms with Gasteiger partial charge in [0.25, 0.3) is 0 Å². The highest BCUT2D eigenvalue weighted by molar-refractivity contribution is 5.81. The molecule has 4 atom stereocenters. The predicted octanol–water partition coefficient (Wildman–Crippen LogP) is 0.401. The molecule has 0 radical (unpaired) electrons. The third kappa shape index (κ3) is 1.92. The lowest BCUT2D eigenvalue weighted by Gasteiger charge is -2.30. The van der Waals surface area contributed by atoms with E-state index in [2.05, 4.69) is 4.90 Å². The Morgan fingerprint density at radius 3 is 2.47 bits per heavy atom. The summed E-state index contributed by atoms with van der Waals surface area (Å²) in [5.41, 5.74) is 0. The lowest BCUT2D eigenvalue weighted by Crippen LogP contribution is -2.47. The Morgan fingerprint density at radius 2 is 2.00 bits per heavy atom. The summed E-state index contributed by atoms with van der Waals surface area (Å²) >= 11 is 0. The number of hydrogen-bond acceptors (Lipinski definition) is 3. The number of likely N-dealkylation sites (N-methyl/N-ethyl adjacent to an activating group) is 1. The first-order valence-electron chi connectivity index (χ1n) is 6.15. The van der Waals surface area contributed by atoms with Crippen molar-refractivity contribution in [2.45, 2.75) is 44.3 Å². The van der Waals surface area contributed by atoms with Crippen LogP contribution in [-0.2, 0) is 9.59 Å². The van der Waals surface area contributed by atoms with Crippen LogP contribution in [0.2, 0.25) is 0 Å². The molecule has 1 N–H and O–H groups in total. The molecule has 2 rings (SSSR count). The van der Waals surface area contributed by atoms with Gasteiger partial charge in [-0.05, 0) is 26.2 Å². The molecule has 4 unspecified atom stereocenters. The molecule has 5 heteroatoms. The van der Waals surface area contributed by atoms with Crippen LogP contribution in [0, 0.1) is 5.92 Å². The van der Waals surface area contributed by atoms with Crippen molar-refractivity contribution in [1.82, 2.24) is 9.80 Å². The Labute approximate surface area is 101 Å². The highest BCUT2D eigenvalue weighted by Gasteiger charge is 2.51. The van der Waals surface area contributed by atoms with E-state index in [4.69, 9.17) is 5.11 Å². The minimum atomic E-state index is -0.716. The first kappa shape index (κ1) is 12.4. The van der Waals surface area contributed by atoms with Gasteiger partial charge in [0.15, 0.2) is 0 Å². The molecule has 96 valence electrons. The molecule has 0 aromatic rings. The van der Waals surface area contributed by atoms with Crippen LogP contribution in [-0.4, -0.2) is 59.0 Å². The molecular formula is C12H20N2O3. The number of carbonyl (C=O) groups is 2. The fourth-order valence-electron chi connectivity index (χ4n) is 3.40. The number of amides is 1. The average Bonchev–Trinajstić information content (AvgIpc) is 2.83. The Balaban J connectivity index is 2.13. The van der Waals surface area contributed by atoms with Gasteiger partial charge in [0, 0.05) is 26.2 Å². The van der Waals surface area contributed by atoms with Gasteiger partial charge < -0.3 is 10.0 Å². The summed E-state index contributed by atoms with van der Waals surface area (Å²) in [6, 6.07) is 0.128. The van der Waals surface area contributed by atoms with Crippen LogP contribution in [0.15, 0.2) is 0 Å². The summed E-state index contributed by atoms with van der Waals surface area (Å²) in [4.78, 5) is 26.8. The van der Waals surface area contributed by atoms with Gasteiger partial charge in [-0.3, -0.25) is 14.5 Å². The number of carboxylic acids is 1. The van der Waals surface area contributed by atoms with E-state index in [0.717, 1.165) is 12.8 Å². The second kappa shape index (κ2) is 4.29. The number of nitrogens with zero attached hydrogens (tertiary/aromatic N) is 2. The van der Waals surface area contributed by atoms with Crippen molar-refractivity contribution >= 4 is 11.9 Å². The van der Waals surface area contributed by atoms with Crippen LogP contribution < -0.4 is 0 Å². The largest absolute Gasteiger partial charge is 0.481 e. The molecule has 0 aromatic carbocycles. The Kier molecular flexibility index (Phi) is 3.12. The first-order chi connectivity index (χ1) is 7.93. The lowest BCUT2D eigenvalue weighted by atomic mass is 9.89. The van der Waals surface area contributed by atoms with Crippen LogP contribution in [0.3, 0.4) is 0 Å². The van der Waals surface area contributed by atoms with Gasteiger partial charge in [-0.25, -0.2) is 0 Å². The molecule has 1 amide bonds. The minimum Gasteiger partial charge on any atom is -0.481 e. The number of rotatable bonds is 3. The molecule has 17 heavy (non-hydrogen) atoms. The highest BCUT2D eigenvalue weighted by Crippen LogP contribution is 2.43. The van der Waals surface area contributed by atoms with E-state index in [0.29, 0.717) is 6.42 Å². The second-order valence-corrected chi connectivity index (χ2v) is 5.33. The normalized spacial score (nSPS) is 33.7.